The van der Waals surface area contributed by atoms with Crippen molar-refractivity contribution < 1.29 is 9.90 Å². The molecular formula is C24H27NO2. The third kappa shape index (κ3) is 5.31. The molecule has 0 heterocycles. The maximum Gasteiger partial charge on any atom is 0.337 e. The van der Waals surface area contributed by atoms with Crippen LogP contribution in [0.5, 0.6) is 0 Å². The fourth-order valence-corrected chi connectivity index (χ4v) is 3.50. The van der Waals surface area contributed by atoms with Gasteiger partial charge in [-0.3, -0.25) is 0 Å². The molecule has 0 saturated heterocycles. The smallest absolute Gasteiger partial charge is 0.337 e. The first-order valence-electron chi connectivity index (χ1n) is 9.63. The van der Waals surface area contributed by atoms with Gasteiger partial charge in [-0.2, -0.15) is 5.26 Å². The van der Waals surface area contributed by atoms with E-state index in [1.165, 1.54) is 6.42 Å². The number of carboxylic acid groups (broad SMARTS) is 1. The van der Waals surface area contributed by atoms with Crippen molar-refractivity contribution in [1.82, 2.24) is 0 Å². The number of carboxylic acids is 1. The van der Waals surface area contributed by atoms with Crippen LogP contribution in [-0.2, 0) is 11.2 Å². The lowest BCUT2D eigenvalue weighted by Crippen LogP contribution is -2.10. The molecular weight excluding hydrogens is 334 g/mol. The van der Waals surface area contributed by atoms with Crippen LogP contribution in [0.3, 0.4) is 0 Å². The average Bonchev–Trinajstić information content (AvgIpc) is 2.69. The van der Waals surface area contributed by atoms with Crippen LogP contribution < -0.4 is 0 Å². The Morgan fingerprint density at radius 3 is 2.48 bits per heavy atom. The minimum atomic E-state index is -1.07. The molecule has 1 N–H and O–H groups in total. The quantitative estimate of drug-likeness (QED) is 0.433. The number of benzene rings is 2. The van der Waals surface area contributed by atoms with E-state index < -0.39 is 5.97 Å². The Morgan fingerprint density at radius 2 is 1.89 bits per heavy atom. The zero-order chi connectivity index (χ0) is 19.6. The van der Waals surface area contributed by atoms with Gasteiger partial charge >= 0.3 is 5.97 Å². The normalized spacial score (nSPS) is 12.4. The molecule has 0 saturated carbocycles. The Balaban J connectivity index is 2.61. The molecule has 0 aliphatic carbocycles. The summed E-state index contributed by atoms with van der Waals surface area (Å²) in [6.45, 7) is 4.38. The number of allylic oxidation sites excluding steroid dienone is 1. The molecule has 0 spiro atoms. The maximum atomic E-state index is 11.8. The molecule has 2 aromatic rings. The molecule has 0 bridgehead atoms. The molecule has 2 rings (SSSR count). The third-order valence-electron chi connectivity index (χ3n) is 5.03. The number of hydrogen-bond acceptors (Lipinski definition) is 2. The molecule has 0 amide bonds. The van der Waals surface area contributed by atoms with E-state index in [2.05, 4.69) is 13.8 Å². The van der Waals surface area contributed by atoms with Gasteiger partial charge in [0, 0.05) is 6.08 Å². The highest BCUT2D eigenvalue weighted by molar-refractivity contribution is 6.16. The van der Waals surface area contributed by atoms with Gasteiger partial charge in [0.15, 0.2) is 0 Å². The lowest BCUT2D eigenvalue weighted by Gasteiger charge is -2.21. The van der Waals surface area contributed by atoms with Gasteiger partial charge < -0.3 is 5.11 Å². The summed E-state index contributed by atoms with van der Waals surface area (Å²) >= 11 is 0. The summed E-state index contributed by atoms with van der Waals surface area (Å²) < 4.78 is 0. The molecule has 0 aliphatic rings. The van der Waals surface area contributed by atoms with Crippen LogP contribution in [0.15, 0.2) is 54.6 Å². The molecule has 3 heteroatoms. The van der Waals surface area contributed by atoms with Gasteiger partial charge in [-0.1, -0.05) is 88.1 Å². The minimum absolute atomic E-state index is 0.0654. The van der Waals surface area contributed by atoms with Crippen LogP contribution in [0.1, 0.15) is 50.7 Å². The van der Waals surface area contributed by atoms with Crippen molar-refractivity contribution in [2.75, 3.05) is 0 Å². The molecule has 1 unspecified atom stereocenters. The molecule has 0 radical (unpaired) electrons. The van der Waals surface area contributed by atoms with Crippen molar-refractivity contribution in [3.8, 4) is 17.2 Å². The standard InChI is InChI=1S/C24H27NO2/c1-3-5-10-18(4-2)17-23-20(19-11-7-6-8-12-19)13-9-14-21(23)22(15-16-25)24(26)27/h6-9,11-15,18H,3-5,10,17H2,1-2H3,(H,26,27). The third-order valence-corrected chi connectivity index (χ3v) is 5.03. The zero-order valence-electron chi connectivity index (χ0n) is 16.1. The Morgan fingerprint density at radius 1 is 1.15 bits per heavy atom. The van der Waals surface area contributed by atoms with Crippen LogP contribution >= 0.6 is 0 Å². The fraction of sp³-hybridized carbons (Fsp3) is 0.333. The lowest BCUT2D eigenvalue weighted by molar-refractivity contribution is -0.130. The largest absolute Gasteiger partial charge is 0.478 e. The molecule has 0 aliphatic heterocycles. The van der Waals surface area contributed by atoms with Gasteiger partial charge in [0.1, 0.15) is 0 Å². The van der Waals surface area contributed by atoms with E-state index in [4.69, 9.17) is 5.26 Å². The second kappa shape index (κ2) is 10.3. The van der Waals surface area contributed by atoms with E-state index in [0.717, 1.165) is 48.4 Å². The number of rotatable bonds is 9. The van der Waals surface area contributed by atoms with Crippen molar-refractivity contribution >= 4 is 11.5 Å². The molecule has 3 nitrogen and oxygen atoms in total. The van der Waals surface area contributed by atoms with Gasteiger partial charge in [-0.25, -0.2) is 4.79 Å². The first-order valence-corrected chi connectivity index (χ1v) is 9.63. The van der Waals surface area contributed by atoms with Crippen molar-refractivity contribution in [2.24, 2.45) is 5.92 Å². The van der Waals surface area contributed by atoms with Crippen LogP contribution in [0.4, 0.5) is 0 Å². The summed E-state index contributed by atoms with van der Waals surface area (Å²) in [5, 5.41) is 18.7. The number of carbonyl (C=O) groups is 1. The van der Waals surface area contributed by atoms with Crippen LogP contribution in [0, 0.1) is 17.2 Å². The molecule has 1 atom stereocenters. The van der Waals surface area contributed by atoms with E-state index in [0.29, 0.717) is 11.5 Å². The number of aliphatic carboxylic acids is 1. The second-order valence-corrected chi connectivity index (χ2v) is 6.81. The fourth-order valence-electron chi connectivity index (χ4n) is 3.50. The van der Waals surface area contributed by atoms with Crippen LogP contribution in [0.2, 0.25) is 0 Å². The predicted octanol–water partition coefficient (Wildman–Crippen LogP) is 6.10. The number of nitrogens with zero attached hydrogens (tertiary/aromatic N) is 1. The minimum Gasteiger partial charge on any atom is -0.478 e. The van der Waals surface area contributed by atoms with Crippen molar-refractivity contribution in [2.45, 2.75) is 46.0 Å². The highest BCUT2D eigenvalue weighted by atomic mass is 16.4. The summed E-state index contributed by atoms with van der Waals surface area (Å²) in [5.41, 5.74) is 3.86. The van der Waals surface area contributed by atoms with Crippen LogP contribution in [0.25, 0.3) is 16.7 Å². The topological polar surface area (TPSA) is 61.1 Å². The van der Waals surface area contributed by atoms with Gasteiger partial charge in [0.2, 0.25) is 0 Å². The summed E-state index contributed by atoms with van der Waals surface area (Å²) in [6, 6.07) is 17.7. The Labute approximate surface area is 162 Å². The van der Waals surface area contributed by atoms with E-state index in [9.17, 15) is 9.90 Å². The first kappa shape index (κ1) is 20.5. The van der Waals surface area contributed by atoms with Crippen molar-refractivity contribution in [3.63, 3.8) is 0 Å². The van der Waals surface area contributed by atoms with E-state index >= 15 is 0 Å². The van der Waals surface area contributed by atoms with Crippen molar-refractivity contribution in [1.29, 1.82) is 5.26 Å². The number of hydrogen-bond donors (Lipinski definition) is 1. The maximum absolute atomic E-state index is 11.8. The molecule has 2 aromatic carbocycles. The highest BCUT2D eigenvalue weighted by Crippen LogP contribution is 2.33. The second-order valence-electron chi connectivity index (χ2n) is 6.81. The Kier molecular flexibility index (Phi) is 7.82. The molecule has 27 heavy (non-hydrogen) atoms. The van der Waals surface area contributed by atoms with E-state index in [1.807, 2.05) is 54.6 Å². The lowest BCUT2D eigenvalue weighted by atomic mass is 9.83. The molecule has 0 aromatic heterocycles. The van der Waals surface area contributed by atoms with E-state index in [-0.39, 0.29) is 5.57 Å². The van der Waals surface area contributed by atoms with Gasteiger partial charge in [0.25, 0.3) is 0 Å². The zero-order valence-corrected chi connectivity index (χ0v) is 16.1. The summed E-state index contributed by atoms with van der Waals surface area (Å²) in [4.78, 5) is 11.8. The summed E-state index contributed by atoms with van der Waals surface area (Å²) in [6.07, 6.45) is 6.45. The molecule has 0 fully saturated rings. The highest BCUT2D eigenvalue weighted by Gasteiger charge is 2.20. The monoisotopic (exact) mass is 361 g/mol. The summed E-state index contributed by atoms with van der Waals surface area (Å²) in [7, 11) is 0. The van der Waals surface area contributed by atoms with Gasteiger partial charge in [-0.15, -0.1) is 0 Å². The number of unbranched alkanes of at least 4 members (excludes halogenated alkanes) is 1. The summed E-state index contributed by atoms with van der Waals surface area (Å²) in [5.74, 6) is -0.574. The van der Waals surface area contributed by atoms with Crippen molar-refractivity contribution in [3.05, 3.63) is 65.7 Å². The van der Waals surface area contributed by atoms with E-state index in [1.54, 1.807) is 0 Å². The predicted molar refractivity (Wildman–Crippen MR) is 110 cm³/mol. The molecule has 140 valence electrons. The average molecular weight is 361 g/mol. The Bertz CT molecular complexity index is 831. The SMILES string of the molecule is CCCCC(CC)Cc1c(C(=CC#N)C(=O)O)cccc1-c1ccccc1. The van der Waals surface area contributed by atoms with Gasteiger partial charge in [-0.05, 0) is 34.6 Å². The first-order chi connectivity index (χ1) is 13.1. The van der Waals surface area contributed by atoms with Gasteiger partial charge in [0.05, 0.1) is 11.6 Å². The number of nitriles is 1. The van der Waals surface area contributed by atoms with Crippen LogP contribution in [-0.4, -0.2) is 11.1 Å². The Hall–Kier alpha value is -2.86.